The molecule has 0 bridgehead atoms. The summed E-state index contributed by atoms with van der Waals surface area (Å²) >= 11 is 6.39. The lowest BCUT2D eigenvalue weighted by atomic mass is 10.1. The van der Waals surface area contributed by atoms with E-state index in [2.05, 4.69) is 41.5 Å². The molecule has 0 spiro atoms. The molecule has 2 nitrogen and oxygen atoms in total. The van der Waals surface area contributed by atoms with Crippen molar-refractivity contribution in [3.05, 3.63) is 70.4 Å². The second-order valence-corrected chi connectivity index (χ2v) is 5.43. The molecule has 0 radical (unpaired) electrons. The number of benzene rings is 2. The maximum Gasteiger partial charge on any atom is 0.0705 e. The van der Waals surface area contributed by atoms with Crippen molar-refractivity contribution in [2.75, 3.05) is 0 Å². The zero-order valence-corrected chi connectivity index (χ0v) is 12.2. The first kappa shape index (κ1) is 13.2. The summed E-state index contributed by atoms with van der Waals surface area (Å²) in [6, 6.07) is 16.6. The van der Waals surface area contributed by atoms with Crippen LogP contribution in [0.25, 0.3) is 10.9 Å². The number of rotatable bonds is 4. The van der Waals surface area contributed by atoms with Gasteiger partial charge in [-0.25, -0.2) is 0 Å². The summed E-state index contributed by atoms with van der Waals surface area (Å²) in [4.78, 5) is 3.37. The van der Waals surface area contributed by atoms with Crippen LogP contribution in [0.4, 0.5) is 0 Å². The largest absolute Gasteiger partial charge is 0.356 e. The Labute approximate surface area is 123 Å². The number of halogens is 1. The van der Waals surface area contributed by atoms with Crippen molar-refractivity contribution in [1.29, 1.82) is 0 Å². The van der Waals surface area contributed by atoms with Crippen molar-refractivity contribution in [2.24, 2.45) is 0 Å². The summed E-state index contributed by atoms with van der Waals surface area (Å²) in [7, 11) is 0. The average Bonchev–Trinajstić information content (AvgIpc) is 2.76. The van der Waals surface area contributed by atoms with E-state index in [1.54, 1.807) is 0 Å². The molecule has 2 aromatic carbocycles. The topological polar surface area (TPSA) is 27.8 Å². The Morgan fingerprint density at radius 1 is 1.05 bits per heavy atom. The Balaban J connectivity index is 1.69. The van der Waals surface area contributed by atoms with Crippen LogP contribution in [-0.4, -0.2) is 4.98 Å². The van der Waals surface area contributed by atoms with Crippen LogP contribution in [0.3, 0.4) is 0 Å². The summed E-state index contributed by atoms with van der Waals surface area (Å²) in [5.41, 5.74) is 4.70. The van der Waals surface area contributed by atoms with Gasteiger partial charge in [0.1, 0.15) is 0 Å². The first-order valence-electron chi connectivity index (χ1n) is 6.75. The van der Waals surface area contributed by atoms with Crippen LogP contribution in [0.15, 0.2) is 48.5 Å². The maximum atomic E-state index is 6.39. The van der Waals surface area contributed by atoms with Crippen molar-refractivity contribution < 1.29 is 0 Å². The van der Waals surface area contributed by atoms with Gasteiger partial charge in [-0.1, -0.05) is 59.6 Å². The normalized spacial score (nSPS) is 11.1. The molecular formula is C17H17ClN2. The molecule has 0 aliphatic heterocycles. The van der Waals surface area contributed by atoms with Gasteiger partial charge < -0.3 is 10.3 Å². The molecule has 1 heterocycles. The Hall–Kier alpha value is -1.77. The molecule has 102 valence electrons. The second kappa shape index (κ2) is 5.70. The predicted octanol–water partition coefficient (Wildman–Crippen LogP) is 4.42. The summed E-state index contributed by atoms with van der Waals surface area (Å²) in [5.74, 6) is 0. The highest BCUT2D eigenvalue weighted by Crippen LogP contribution is 2.26. The minimum atomic E-state index is 0.738. The van der Waals surface area contributed by atoms with Crippen LogP contribution in [0.5, 0.6) is 0 Å². The fourth-order valence-corrected chi connectivity index (χ4v) is 2.72. The Morgan fingerprint density at radius 3 is 2.70 bits per heavy atom. The van der Waals surface area contributed by atoms with Crippen LogP contribution in [0, 0.1) is 6.92 Å². The molecule has 1 aromatic heterocycles. The minimum Gasteiger partial charge on any atom is -0.356 e. The molecule has 0 amide bonds. The maximum absolute atomic E-state index is 6.39. The molecule has 3 aromatic rings. The fraction of sp³-hybridized carbons (Fsp3) is 0.176. The molecular weight excluding hydrogens is 268 g/mol. The minimum absolute atomic E-state index is 0.738. The molecule has 0 aliphatic rings. The zero-order chi connectivity index (χ0) is 13.9. The predicted molar refractivity (Wildman–Crippen MR) is 85.0 cm³/mol. The molecule has 0 saturated carbocycles. The molecule has 0 aliphatic carbocycles. The van der Waals surface area contributed by atoms with Gasteiger partial charge in [-0.2, -0.15) is 0 Å². The molecule has 3 heteroatoms. The summed E-state index contributed by atoms with van der Waals surface area (Å²) < 4.78 is 0. The van der Waals surface area contributed by atoms with E-state index < -0.39 is 0 Å². The number of aromatic amines is 1. The quantitative estimate of drug-likeness (QED) is 0.729. The van der Waals surface area contributed by atoms with Gasteiger partial charge in [-0.05, 0) is 18.6 Å². The van der Waals surface area contributed by atoms with Crippen LogP contribution in [0.1, 0.15) is 16.8 Å². The molecule has 0 saturated heterocycles. The van der Waals surface area contributed by atoms with Crippen LogP contribution < -0.4 is 5.32 Å². The molecule has 0 unspecified atom stereocenters. The van der Waals surface area contributed by atoms with Crippen molar-refractivity contribution >= 4 is 22.5 Å². The lowest BCUT2D eigenvalue weighted by Gasteiger charge is -2.05. The third kappa shape index (κ3) is 2.72. The van der Waals surface area contributed by atoms with E-state index >= 15 is 0 Å². The molecule has 2 N–H and O–H groups in total. The fourth-order valence-electron chi connectivity index (χ4n) is 2.44. The number of para-hydroxylation sites is 1. The van der Waals surface area contributed by atoms with Crippen molar-refractivity contribution in [3.8, 4) is 0 Å². The smallest absolute Gasteiger partial charge is 0.0705 e. The van der Waals surface area contributed by atoms with Crippen LogP contribution in [-0.2, 0) is 13.1 Å². The Bertz CT molecular complexity index is 731. The van der Waals surface area contributed by atoms with Gasteiger partial charge in [0.05, 0.1) is 5.02 Å². The van der Waals surface area contributed by atoms with E-state index in [9.17, 15) is 0 Å². The van der Waals surface area contributed by atoms with Gasteiger partial charge in [0.25, 0.3) is 0 Å². The highest BCUT2D eigenvalue weighted by Gasteiger charge is 2.08. The summed E-state index contributed by atoms with van der Waals surface area (Å²) in [6.07, 6.45) is 0. The van der Waals surface area contributed by atoms with E-state index in [0.717, 1.165) is 34.7 Å². The van der Waals surface area contributed by atoms with E-state index in [-0.39, 0.29) is 0 Å². The second-order valence-electron chi connectivity index (χ2n) is 5.06. The van der Waals surface area contributed by atoms with Crippen molar-refractivity contribution in [1.82, 2.24) is 10.3 Å². The van der Waals surface area contributed by atoms with Crippen LogP contribution >= 0.6 is 11.6 Å². The molecule has 0 fully saturated rings. The van der Waals surface area contributed by atoms with Gasteiger partial charge in [0, 0.05) is 29.7 Å². The molecule has 3 rings (SSSR count). The number of aromatic nitrogens is 1. The number of fused-ring (bicyclic) bond motifs is 1. The lowest BCUT2D eigenvalue weighted by molar-refractivity contribution is 0.683. The zero-order valence-electron chi connectivity index (χ0n) is 11.4. The molecule has 20 heavy (non-hydrogen) atoms. The lowest BCUT2D eigenvalue weighted by Crippen LogP contribution is -2.13. The summed E-state index contributed by atoms with van der Waals surface area (Å²) in [6.45, 7) is 3.69. The van der Waals surface area contributed by atoms with E-state index in [0.29, 0.717) is 0 Å². The highest BCUT2D eigenvalue weighted by molar-refractivity contribution is 6.36. The highest BCUT2D eigenvalue weighted by atomic mass is 35.5. The van der Waals surface area contributed by atoms with Crippen molar-refractivity contribution in [2.45, 2.75) is 20.0 Å². The Morgan fingerprint density at radius 2 is 1.90 bits per heavy atom. The van der Waals surface area contributed by atoms with Gasteiger partial charge >= 0.3 is 0 Å². The number of nitrogens with one attached hydrogen (secondary N) is 2. The van der Waals surface area contributed by atoms with Crippen molar-refractivity contribution in [3.63, 3.8) is 0 Å². The SMILES string of the molecule is Cc1cccc(CNCc2[nH]c3ccccc3c2Cl)c1. The standard InChI is InChI=1S/C17H17ClN2/c1-12-5-4-6-13(9-12)10-19-11-16-17(18)14-7-2-3-8-15(14)20-16/h2-9,19-20H,10-11H2,1H3. The number of aryl methyl sites for hydroxylation is 1. The van der Waals surface area contributed by atoms with E-state index in [4.69, 9.17) is 11.6 Å². The Kier molecular flexibility index (Phi) is 3.77. The summed E-state index contributed by atoms with van der Waals surface area (Å²) in [5, 5.41) is 5.33. The molecule has 0 atom stereocenters. The van der Waals surface area contributed by atoms with Gasteiger partial charge in [-0.15, -0.1) is 0 Å². The van der Waals surface area contributed by atoms with Crippen LogP contribution in [0.2, 0.25) is 5.02 Å². The first-order valence-corrected chi connectivity index (χ1v) is 7.13. The van der Waals surface area contributed by atoms with E-state index in [1.165, 1.54) is 11.1 Å². The first-order chi connectivity index (χ1) is 9.74. The number of hydrogen-bond acceptors (Lipinski definition) is 1. The monoisotopic (exact) mass is 284 g/mol. The average molecular weight is 285 g/mol. The van der Waals surface area contributed by atoms with E-state index in [1.807, 2.05) is 24.3 Å². The van der Waals surface area contributed by atoms with Gasteiger partial charge in [-0.3, -0.25) is 0 Å². The third-order valence-corrected chi connectivity index (χ3v) is 3.86. The number of H-pyrrole nitrogens is 1. The third-order valence-electron chi connectivity index (χ3n) is 3.43. The van der Waals surface area contributed by atoms with Gasteiger partial charge in [0.15, 0.2) is 0 Å². The number of hydrogen-bond donors (Lipinski definition) is 2. The van der Waals surface area contributed by atoms with Gasteiger partial charge in [0.2, 0.25) is 0 Å².